The minimum Gasteiger partial charge on any atom is -0.460 e. The molecular weight excluding hydrogens is 176 g/mol. The van der Waals surface area contributed by atoms with Crippen LogP contribution in [0, 0.1) is 0 Å². The summed E-state index contributed by atoms with van der Waals surface area (Å²) in [5.74, 6) is 0. The summed E-state index contributed by atoms with van der Waals surface area (Å²) in [4.78, 5) is 10.3. The number of rotatable bonds is 6. The molecule has 76 valence electrons. The van der Waals surface area contributed by atoms with Crippen molar-refractivity contribution in [3.8, 4) is 0 Å². The van der Waals surface area contributed by atoms with E-state index >= 15 is 0 Å². The van der Waals surface area contributed by atoms with Gasteiger partial charge in [-0.05, 0) is 18.4 Å². The van der Waals surface area contributed by atoms with Crippen molar-refractivity contribution in [3.63, 3.8) is 0 Å². The molecule has 14 heavy (non-hydrogen) atoms. The normalized spacial score (nSPS) is 12.1. The molecule has 0 N–H and O–H groups in total. The SMILES string of the molecule is CCCCC(OC=O)c1ccccc1. The van der Waals surface area contributed by atoms with Crippen LogP contribution in [0.2, 0.25) is 0 Å². The van der Waals surface area contributed by atoms with Crippen LogP contribution in [0.15, 0.2) is 30.3 Å². The van der Waals surface area contributed by atoms with Gasteiger partial charge in [0.2, 0.25) is 0 Å². The molecule has 1 aromatic carbocycles. The average molecular weight is 192 g/mol. The first-order valence-corrected chi connectivity index (χ1v) is 5.02. The predicted molar refractivity (Wildman–Crippen MR) is 55.9 cm³/mol. The van der Waals surface area contributed by atoms with E-state index in [4.69, 9.17) is 4.74 Å². The molecule has 0 aromatic heterocycles. The Hall–Kier alpha value is -1.31. The molecule has 1 unspecified atom stereocenters. The van der Waals surface area contributed by atoms with Crippen molar-refractivity contribution in [1.29, 1.82) is 0 Å². The summed E-state index contributed by atoms with van der Waals surface area (Å²) in [5.41, 5.74) is 1.08. The van der Waals surface area contributed by atoms with Crippen molar-refractivity contribution in [3.05, 3.63) is 35.9 Å². The van der Waals surface area contributed by atoms with Gasteiger partial charge in [0.25, 0.3) is 6.47 Å². The van der Waals surface area contributed by atoms with Crippen molar-refractivity contribution >= 4 is 6.47 Å². The number of hydrogen-bond donors (Lipinski definition) is 0. The zero-order chi connectivity index (χ0) is 10.2. The van der Waals surface area contributed by atoms with E-state index in [-0.39, 0.29) is 6.10 Å². The molecule has 1 aromatic rings. The molecule has 2 heteroatoms. The molecule has 0 amide bonds. The summed E-state index contributed by atoms with van der Waals surface area (Å²) in [5, 5.41) is 0. The predicted octanol–water partition coefficient (Wildman–Crippen LogP) is 3.09. The van der Waals surface area contributed by atoms with Crippen LogP contribution in [0.3, 0.4) is 0 Å². The van der Waals surface area contributed by atoms with Gasteiger partial charge in [0.05, 0.1) is 0 Å². The monoisotopic (exact) mass is 192 g/mol. The highest BCUT2D eigenvalue weighted by atomic mass is 16.5. The van der Waals surface area contributed by atoms with E-state index in [1.807, 2.05) is 30.3 Å². The lowest BCUT2D eigenvalue weighted by Crippen LogP contribution is -2.02. The molecule has 0 heterocycles. The van der Waals surface area contributed by atoms with Crippen LogP contribution in [0.4, 0.5) is 0 Å². The fraction of sp³-hybridized carbons (Fsp3) is 0.417. The summed E-state index contributed by atoms with van der Waals surface area (Å²) in [6, 6.07) is 9.86. The molecule has 0 aliphatic carbocycles. The Morgan fingerprint density at radius 3 is 2.64 bits per heavy atom. The minimum atomic E-state index is -0.0753. The van der Waals surface area contributed by atoms with E-state index in [1.54, 1.807) is 0 Å². The van der Waals surface area contributed by atoms with Crippen molar-refractivity contribution in [2.75, 3.05) is 0 Å². The fourth-order valence-electron chi connectivity index (χ4n) is 1.44. The summed E-state index contributed by atoms with van der Waals surface area (Å²) < 4.78 is 5.05. The average Bonchev–Trinajstić information content (AvgIpc) is 2.25. The maximum atomic E-state index is 10.3. The summed E-state index contributed by atoms with van der Waals surface area (Å²) in [6.45, 7) is 2.66. The van der Waals surface area contributed by atoms with E-state index in [0.717, 1.165) is 24.8 Å². The van der Waals surface area contributed by atoms with Crippen molar-refractivity contribution in [2.45, 2.75) is 32.3 Å². The lowest BCUT2D eigenvalue weighted by molar-refractivity contribution is -0.134. The first-order chi connectivity index (χ1) is 6.88. The third-order valence-corrected chi connectivity index (χ3v) is 2.21. The zero-order valence-electron chi connectivity index (χ0n) is 8.48. The Balaban J connectivity index is 2.62. The van der Waals surface area contributed by atoms with Crippen LogP contribution in [0.25, 0.3) is 0 Å². The van der Waals surface area contributed by atoms with E-state index < -0.39 is 0 Å². The van der Waals surface area contributed by atoms with Gasteiger partial charge >= 0.3 is 0 Å². The molecule has 0 fully saturated rings. The Bertz CT molecular complexity index is 256. The smallest absolute Gasteiger partial charge is 0.293 e. The first-order valence-electron chi connectivity index (χ1n) is 5.02. The Kier molecular flexibility index (Phi) is 4.76. The molecule has 1 atom stereocenters. The standard InChI is InChI=1S/C12H16O2/c1-2-3-9-12(14-10-13)11-7-5-4-6-8-11/h4-8,10,12H,2-3,9H2,1H3. The van der Waals surface area contributed by atoms with Gasteiger partial charge in [0.1, 0.15) is 6.10 Å². The van der Waals surface area contributed by atoms with Crippen LogP contribution in [-0.2, 0) is 9.53 Å². The second kappa shape index (κ2) is 6.19. The van der Waals surface area contributed by atoms with Gasteiger partial charge in [-0.25, -0.2) is 0 Å². The molecule has 1 rings (SSSR count). The quantitative estimate of drug-likeness (QED) is 0.647. The second-order valence-electron chi connectivity index (χ2n) is 3.27. The first kappa shape index (κ1) is 10.8. The molecule has 0 spiro atoms. The molecule has 0 bridgehead atoms. The Labute approximate surface area is 84.9 Å². The molecule has 0 saturated heterocycles. The largest absolute Gasteiger partial charge is 0.460 e. The van der Waals surface area contributed by atoms with Crippen LogP contribution in [0.1, 0.15) is 37.9 Å². The molecule has 2 nitrogen and oxygen atoms in total. The highest BCUT2D eigenvalue weighted by molar-refractivity contribution is 5.38. The second-order valence-corrected chi connectivity index (χ2v) is 3.27. The van der Waals surface area contributed by atoms with Gasteiger partial charge < -0.3 is 4.74 Å². The third-order valence-electron chi connectivity index (χ3n) is 2.21. The van der Waals surface area contributed by atoms with E-state index in [0.29, 0.717) is 6.47 Å². The van der Waals surface area contributed by atoms with Gasteiger partial charge in [0, 0.05) is 0 Å². The van der Waals surface area contributed by atoms with Gasteiger partial charge in [-0.1, -0.05) is 43.7 Å². The topological polar surface area (TPSA) is 26.3 Å². The molecule has 0 saturated carbocycles. The Morgan fingerprint density at radius 2 is 2.07 bits per heavy atom. The lowest BCUT2D eigenvalue weighted by atomic mass is 10.0. The lowest BCUT2D eigenvalue weighted by Gasteiger charge is -2.14. The van der Waals surface area contributed by atoms with E-state index in [2.05, 4.69) is 6.92 Å². The highest BCUT2D eigenvalue weighted by Crippen LogP contribution is 2.22. The maximum absolute atomic E-state index is 10.3. The Morgan fingerprint density at radius 1 is 1.36 bits per heavy atom. The van der Waals surface area contributed by atoms with Crippen molar-refractivity contribution in [1.82, 2.24) is 0 Å². The number of carbonyl (C=O) groups is 1. The van der Waals surface area contributed by atoms with Gasteiger partial charge in [-0.2, -0.15) is 0 Å². The van der Waals surface area contributed by atoms with Crippen molar-refractivity contribution < 1.29 is 9.53 Å². The van der Waals surface area contributed by atoms with Gasteiger partial charge in [-0.3, -0.25) is 4.79 Å². The minimum absolute atomic E-state index is 0.0753. The summed E-state index contributed by atoms with van der Waals surface area (Å²) >= 11 is 0. The molecule has 0 aliphatic heterocycles. The summed E-state index contributed by atoms with van der Waals surface area (Å²) in [6.07, 6.45) is 3.02. The molecule has 0 radical (unpaired) electrons. The van der Waals surface area contributed by atoms with Crippen LogP contribution in [-0.4, -0.2) is 6.47 Å². The van der Waals surface area contributed by atoms with Crippen LogP contribution < -0.4 is 0 Å². The maximum Gasteiger partial charge on any atom is 0.293 e. The van der Waals surface area contributed by atoms with Crippen LogP contribution in [0.5, 0.6) is 0 Å². The summed E-state index contributed by atoms with van der Waals surface area (Å²) in [7, 11) is 0. The molecular formula is C12H16O2. The number of benzene rings is 1. The number of ether oxygens (including phenoxy) is 1. The third kappa shape index (κ3) is 3.21. The fourth-order valence-corrected chi connectivity index (χ4v) is 1.44. The number of hydrogen-bond acceptors (Lipinski definition) is 2. The van der Waals surface area contributed by atoms with Crippen LogP contribution >= 0.6 is 0 Å². The number of unbranched alkanes of at least 4 members (excludes halogenated alkanes) is 1. The zero-order valence-corrected chi connectivity index (χ0v) is 8.48. The van der Waals surface area contributed by atoms with E-state index in [9.17, 15) is 4.79 Å². The van der Waals surface area contributed by atoms with Crippen molar-refractivity contribution in [2.24, 2.45) is 0 Å². The van der Waals surface area contributed by atoms with Gasteiger partial charge in [0.15, 0.2) is 0 Å². The molecule has 0 aliphatic rings. The van der Waals surface area contributed by atoms with E-state index in [1.165, 1.54) is 0 Å². The highest BCUT2D eigenvalue weighted by Gasteiger charge is 2.10. The number of carbonyl (C=O) groups excluding carboxylic acids is 1. The van der Waals surface area contributed by atoms with Gasteiger partial charge in [-0.15, -0.1) is 0 Å².